The largest absolute Gasteiger partial charge is 0.368 e. The van der Waals surface area contributed by atoms with E-state index in [1.807, 2.05) is 24.3 Å². The van der Waals surface area contributed by atoms with E-state index >= 15 is 0 Å². The third kappa shape index (κ3) is 2.06. The Hall–Kier alpha value is -2.69. The predicted octanol–water partition coefficient (Wildman–Crippen LogP) is 2.64. The summed E-state index contributed by atoms with van der Waals surface area (Å²) in [6.45, 7) is 0. The summed E-state index contributed by atoms with van der Waals surface area (Å²) < 4.78 is 15.0. The van der Waals surface area contributed by atoms with E-state index in [2.05, 4.69) is 10.1 Å². The van der Waals surface area contributed by atoms with Gasteiger partial charge in [-0.25, -0.2) is 9.37 Å². The van der Waals surface area contributed by atoms with E-state index in [1.54, 1.807) is 18.2 Å². The Bertz CT molecular complexity index is 761. The molecule has 0 unspecified atom stereocenters. The SMILES string of the molecule is Nc1nc2ccccc2n1/N=C\c1ccccc1F. The van der Waals surface area contributed by atoms with Crippen molar-refractivity contribution in [1.29, 1.82) is 0 Å². The minimum atomic E-state index is -0.325. The van der Waals surface area contributed by atoms with Gasteiger partial charge < -0.3 is 5.73 Å². The summed E-state index contributed by atoms with van der Waals surface area (Å²) >= 11 is 0. The van der Waals surface area contributed by atoms with Gasteiger partial charge in [0.1, 0.15) is 5.82 Å². The van der Waals surface area contributed by atoms with E-state index in [9.17, 15) is 4.39 Å². The van der Waals surface area contributed by atoms with Gasteiger partial charge in [0.2, 0.25) is 5.95 Å². The lowest BCUT2D eigenvalue weighted by Crippen LogP contribution is -1.98. The van der Waals surface area contributed by atoms with Crippen molar-refractivity contribution in [3.63, 3.8) is 0 Å². The molecule has 0 fully saturated rings. The van der Waals surface area contributed by atoms with Crippen LogP contribution in [0.2, 0.25) is 0 Å². The van der Waals surface area contributed by atoms with Crippen LogP contribution in [0.3, 0.4) is 0 Å². The smallest absolute Gasteiger partial charge is 0.222 e. The van der Waals surface area contributed by atoms with Crippen molar-refractivity contribution in [1.82, 2.24) is 9.66 Å². The highest BCUT2D eigenvalue weighted by Gasteiger charge is 2.05. The monoisotopic (exact) mass is 254 g/mol. The fourth-order valence-electron chi connectivity index (χ4n) is 1.85. The molecule has 0 amide bonds. The summed E-state index contributed by atoms with van der Waals surface area (Å²) in [5, 5.41) is 4.19. The number of hydrogen-bond acceptors (Lipinski definition) is 3. The first-order chi connectivity index (χ1) is 9.25. The molecular formula is C14H11FN4. The number of hydrogen-bond donors (Lipinski definition) is 1. The van der Waals surface area contributed by atoms with Crippen molar-refractivity contribution in [2.24, 2.45) is 5.10 Å². The van der Waals surface area contributed by atoms with Gasteiger partial charge in [-0.2, -0.15) is 9.78 Å². The first-order valence-electron chi connectivity index (χ1n) is 5.77. The molecule has 0 radical (unpaired) electrons. The van der Waals surface area contributed by atoms with Crippen LogP contribution in [-0.2, 0) is 0 Å². The van der Waals surface area contributed by atoms with Crippen molar-refractivity contribution in [3.05, 3.63) is 59.9 Å². The molecule has 0 spiro atoms. The van der Waals surface area contributed by atoms with Crippen molar-refractivity contribution in [3.8, 4) is 0 Å². The van der Waals surface area contributed by atoms with Crippen LogP contribution >= 0.6 is 0 Å². The van der Waals surface area contributed by atoms with Gasteiger partial charge in [0, 0.05) is 5.56 Å². The standard InChI is InChI=1S/C14H11FN4/c15-11-6-2-1-5-10(11)9-17-19-13-8-4-3-7-12(13)18-14(19)16/h1-9H,(H2,16,18)/b17-9-. The first-order valence-corrected chi connectivity index (χ1v) is 5.77. The number of fused-ring (bicyclic) bond motifs is 1. The van der Waals surface area contributed by atoms with Gasteiger partial charge >= 0.3 is 0 Å². The molecule has 0 saturated heterocycles. The van der Waals surface area contributed by atoms with E-state index in [0.29, 0.717) is 5.56 Å². The summed E-state index contributed by atoms with van der Waals surface area (Å²) in [6, 6.07) is 13.9. The second kappa shape index (κ2) is 4.53. The zero-order chi connectivity index (χ0) is 13.2. The zero-order valence-corrected chi connectivity index (χ0v) is 9.99. The Labute approximate surface area is 109 Å². The quantitative estimate of drug-likeness (QED) is 0.715. The molecule has 0 aliphatic carbocycles. The van der Waals surface area contributed by atoms with Crippen LogP contribution in [0.4, 0.5) is 10.3 Å². The number of halogens is 1. The predicted molar refractivity (Wildman–Crippen MR) is 73.5 cm³/mol. The Morgan fingerprint density at radius 2 is 1.84 bits per heavy atom. The topological polar surface area (TPSA) is 56.2 Å². The Morgan fingerprint density at radius 3 is 2.68 bits per heavy atom. The van der Waals surface area contributed by atoms with E-state index in [4.69, 9.17) is 5.73 Å². The molecule has 0 saturated carbocycles. The summed E-state index contributed by atoms with van der Waals surface area (Å²) in [7, 11) is 0. The molecule has 2 N–H and O–H groups in total. The van der Waals surface area contributed by atoms with Gasteiger partial charge in [-0.3, -0.25) is 0 Å². The fraction of sp³-hybridized carbons (Fsp3) is 0. The number of benzene rings is 2. The molecule has 1 heterocycles. The maximum absolute atomic E-state index is 13.5. The Balaban J connectivity index is 2.06. The molecule has 0 atom stereocenters. The van der Waals surface area contributed by atoms with E-state index < -0.39 is 0 Å². The first kappa shape index (κ1) is 11.4. The number of nitrogen functional groups attached to an aromatic ring is 1. The van der Waals surface area contributed by atoms with Crippen LogP contribution in [0.5, 0.6) is 0 Å². The summed E-state index contributed by atoms with van der Waals surface area (Å²) in [4.78, 5) is 4.18. The minimum Gasteiger partial charge on any atom is -0.368 e. The van der Waals surface area contributed by atoms with E-state index in [1.165, 1.54) is 17.0 Å². The van der Waals surface area contributed by atoms with Crippen molar-refractivity contribution in [2.45, 2.75) is 0 Å². The molecular weight excluding hydrogens is 243 g/mol. The number of anilines is 1. The van der Waals surface area contributed by atoms with Crippen LogP contribution in [0.1, 0.15) is 5.56 Å². The van der Waals surface area contributed by atoms with E-state index in [0.717, 1.165) is 11.0 Å². The summed E-state index contributed by atoms with van der Waals surface area (Å²) in [5.41, 5.74) is 7.74. The van der Waals surface area contributed by atoms with Gasteiger partial charge in [-0.1, -0.05) is 30.3 Å². The highest BCUT2D eigenvalue weighted by molar-refractivity contribution is 5.82. The van der Waals surface area contributed by atoms with Crippen LogP contribution < -0.4 is 5.73 Å². The number of aromatic nitrogens is 2. The third-order valence-corrected chi connectivity index (χ3v) is 2.78. The van der Waals surface area contributed by atoms with Gasteiger partial charge in [0.05, 0.1) is 17.2 Å². The van der Waals surface area contributed by atoms with Crippen LogP contribution in [0, 0.1) is 5.82 Å². The highest BCUT2D eigenvalue weighted by Crippen LogP contribution is 2.17. The normalized spacial score (nSPS) is 11.4. The van der Waals surface area contributed by atoms with Crippen molar-refractivity contribution < 1.29 is 4.39 Å². The number of nitrogens with two attached hydrogens (primary N) is 1. The molecule has 0 aliphatic heterocycles. The number of para-hydroxylation sites is 2. The van der Waals surface area contributed by atoms with Gasteiger partial charge in [0.15, 0.2) is 0 Å². The minimum absolute atomic E-state index is 0.272. The fourth-order valence-corrected chi connectivity index (χ4v) is 1.85. The number of imidazole rings is 1. The van der Waals surface area contributed by atoms with Gasteiger partial charge in [-0.05, 0) is 18.2 Å². The molecule has 2 aromatic carbocycles. The number of nitrogens with zero attached hydrogens (tertiary/aromatic N) is 3. The van der Waals surface area contributed by atoms with Crippen LogP contribution in [-0.4, -0.2) is 15.9 Å². The second-order valence-electron chi connectivity index (χ2n) is 4.04. The molecule has 0 bridgehead atoms. The average Bonchev–Trinajstić information content (AvgIpc) is 2.74. The zero-order valence-electron chi connectivity index (χ0n) is 9.99. The maximum Gasteiger partial charge on any atom is 0.222 e. The molecule has 5 heteroatoms. The summed E-state index contributed by atoms with van der Waals surface area (Å²) in [5.74, 6) is -0.0527. The Morgan fingerprint density at radius 1 is 1.11 bits per heavy atom. The van der Waals surface area contributed by atoms with Crippen LogP contribution in [0.25, 0.3) is 11.0 Å². The molecule has 3 rings (SSSR count). The van der Waals surface area contributed by atoms with Crippen LogP contribution in [0.15, 0.2) is 53.6 Å². The molecule has 0 aliphatic rings. The Kier molecular flexibility index (Phi) is 2.72. The maximum atomic E-state index is 13.5. The van der Waals surface area contributed by atoms with Gasteiger partial charge in [-0.15, -0.1) is 0 Å². The highest BCUT2D eigenvalue weighted by atomic mass is 19.1. The third-order valence-electron chi connectivity index (χ3n) is 2.78. The molecule has 1 aromatic heterocycles. The van der Waals surface area contributed by atoms with Crippen molar-refractivity contribution >= 4 is 23.2 Å². The lowest BCUT2D eigenvalue weighted by molar-refractivity contribution is 0.625. The molecule has 19 heavy (non-hydrogen) atoms. The molecule has 3 aromatic rings. The second-order valence-corrected chi connectivity index (χ2v) is 4.04. The molecule has 94 valence electrons. The lowest BCUT2D eigenvalue weighted by Gasteiger charge is -1.99. The van der Waals surface area contributed by atoms with Crippen molar-refractivity contribution in [2.75, 3.05) is 5.73 Å². The lowest BCUT2D eigenvalue weighted by atomic mass is 10.2. The average molecular weight is 254 g/mol. The van der Waals surface area contributed by atoms with E-state index in [-0.39, 0.29) is 11.8 Å². The molecule has 4 nitrogen and oxygen atoms in total. The van der Waals surface area contributed by atoms with Gasteiger partial charge in [0.25, 0.3) is 0 Å². The number of rotatable bonds is 2. The summed E-state index contributed by atoms with van der Waals surface area (Å²) in [6.07, 6.45) is 1.43.